The Morgan fingerprint density at radius 3 is 2.36 bits per heavy atom. The molecule has 2 heteroatoms. The summed E-state index contributed by atoms with van der Waals surface area (Å²) in [7, 11) is 0. The van der Waals surface area contributed by atoms with Crippen LogP contribution in [0.2, 0.25) is 0 Å². The molecule has 0 unspecified atom stereocenters. The quantitative estimate of drug-likeness (QED) is 0.539. The summed E-state index contributed by atoms with van der Waals surface area (Å²) < 4.78 is 0. The minimum atomic E-state index is 0. The Hall–Kier alpha value is 0.0197. The molecular weight excluding hydrogens is 164 g/mol. The molecule has 0 fully saturated rings. The number of benzene rings is 1. The molecule has 0 aliphatic rings. The molecule has 11 heavy (non-hydrogen) atoms. The summed E-state index contributed by atoms with van der Waals surface area (Å²) in [4.78, 5) is 0. The van der Waals surface area contributed by atoms with Gasteiger partial charge in [0, 0.05) is 0 Å². The van der Waals surface area contributed by atoms with Crippen molar-refractivity contribution in [3.05, 3.63) is 42.5 Å². The molecule has 1 aromatic carbocycles. The first-order chi connectivity index (χ1) is 4.83. The van der Waals surface area contributed by atoms with Crippen molar-refractivity contribution in [2.24, 2.45) is 0 Å². The molecule has 0 saturated heterocycles. The van der Waals surface area contributed by atoms with Gasteiger partial charge >= 0.3 is 37.7 Å². The van der Waals surface area contributed by atoms with E-state index in [-0.39, 0.29) is 40.6 Å². The van der Waals surface area contributed by atoms with E-state index in [1.165, 1.54) is 5.56 Å². The molecule has 1 N–H and O–H groups in total. The van der Waals surface area contributed by atoms with Crippen LogP contribution in [0.15, 0.2) is 36.9 Å². The van der Waals surface area contributed by atoms with Crippen LogP contribution in [0.1, 0.15) is 8.42 Å². The Morgan fingerprint density at radius 1 is 1.36 bits per heavy atom. The van der Waals surface area contributed by atoms with Crippen molar-refractivity contribution in [3.63, 3.8) is 0 Å². The standard InChI is InChI=1S/C9H10O.Ca.2H/c1-2-3-8-4-6-9(10)7-5-8;;;/h2,4-7,10H,1,3H2;;;/q;+2;2*-1. The summed E-state index contributed by atoms with van der Waals surface area (Å²) in [5.74, 6) is 0.313. The van der Waals surface area contributed by atoms with Gasteiger partial charge in [0.15, 0.2) is 0 Å². The normalized spacial score (nSPS) is 8.36. The van der Waals surface area contributed by atoms with Crippen molar-refractivity contribution in [1.29, 1.82) is 0 Å². The summed E-state index contributed by atoms with van der Waals surface area (Å²) in [6.07, 6.45) is 2.70. The fraction of sp³-hybridized carbons (Fsp3) is 0.111. The van der Waals surface area contributed by atoms with Gasteiger partial charge in [-0.3, -0.25) is 0 Å². The van der Waals surface area contributed by atoms with Gasteiger partial charge in [0.25, 0.3) is 0 Å². The van der Waals surface area contributed by atoms with E-state index in [1.54, 1.807) is 12.1 Å². The van der Waals surface area contributed by atoms with Gasteiger partial charge in [-0.2, -0.15) is 0 Å². The number of rotatable bonds is 2. The van der Waals surface area contributed by atoms with Crippen LogP contribution in [0.5, 0.6) is 5.75 Å². The molecule has 0 bridgehead atoms. The monoisotopic (exact) mass is 176 g/mol. The molecular formula is C9H12CaO. The Balaban J connectivity index is -0.000000333. The smallest absolute Gasteiger partial charge is 1.00 e. The second-order valence-corrected chi connectivity index (χ2v) is 2.16. The second-order valence-electron chi connectivity index (χ2n) is 2.16. The van der Waals surface area contributed by atoms with Gasteiger partial charge < -0.3 is 7.96 Å². The zero-order valence-corrected chi connectivity index (χ0v) is 8.66. The van der Waals surface area contributed by atoms with Crippen LogP contribution in [-0.4, -0.2) is 42.8 Å². The summed E-state index contributed by atoms with van der Waals surface area (Å²) in [6, 6.07) is 7.13. The van der Waals surface area contributed by atoms with Crippen LogP contribution >= 0.6 is 0 Å². The molecule has 0 heterocycles. The number of phenols is 1. The van der Waals surface area contributed by atoms with Crippen molar-refractivity contribution in [2.75, 3.05) is 0 Å². The summed E-state index contributed by atoms with van der Waals surface area (Å²) in [6.45, 7) is 3.62. The Kier molecular flexibility index (Phi) is 5.65. The first-order valence-electron chi connectivity index (χ1n) is 3.22. The number of hydrogen-bond acceptors (Lipinski definition) is 1. The van der Waals surface area contributed by atoms with E-state index in [9.17, 15) is 0 Å². The van der Waals surface area contributed by atoms with E-state index in [0.717, 1.165) is 6.42 Å². The van der Waals surface area contributed by atoms with Crippen molar-refractivity contribution >= 4 is 37.7 Å². The van der Waals surface area contributed by atoms with Crippen molar-refractivity contribution in [1.82, 2.24) is 0 Å². The van der Waals surface area contributed by atoms with Gasteiger partial charge in [-0.25, -0.2) is 0 Å². The third kappa shape index (κ3) is 3.80. The molecule has 0 saturated carbocycles. The molecule has 1 aromatic rings. The maximum absolute atomic E-state index is 8.90. The maximum Gasteiger partial charge on any atom is 2.00 e. The van der Waals surface area contributed by atoms with E-state index >= 15 is 0 Å². The zero-order valence-electron chi connectivity index (χ0n) is 8.46. The van der Waals surface area contributed by atoms with Crippen LogP contribution in [0, 0.1) is 0 Å². The number of hydrogen-bond donors (Lipinski definition) is 1. The minimum Gasteiger partial charge on any atom is -1.00 e. The molecule has 0 amide bonds. The SMILES string of the molecule is C=CCc1ccc(O)cc1.[Ca+2].[H-].[H-]. The predicted octanol–water partition coefficient (Wildman–Crippen LogP) is 1.96. The van der Waals surface area contributed by atoms with Crippen LogP contribution in [0.3, 0.4) is 0 Å². The molecule has 0 spiro atoms. The average Bonchev–Trinajstić information content (AvgIpc) is 1.95. The van der Waals surface area contributed by atoms with Gasteiger partial charge in [-0.1, -0.05) is 18.2 Å². The van der Waals surface area contributed by atoms with Crippen LogP contribution in [0.25, 0.3) is 0 Å². The van der Waals surface area contributed by atoms with Gasteiger partial charge in [0.2, 0.25) is 0 Å². The summed E-state index contributed by atoms with van der Waals surface area (Å²) >= 11 is 0. The number of phenolic OH excluding ortho intramolecular Hbond substituents is 1. The Bertz CT molecular complexity index is 224. The summed E-state index contributed by atoms with van der Waals surface area (Å²) in [5.41, 5.74) is 1.17. The van der Waals surface area contributed by atoms with Crippen molar-refractivity contribution in [3.8, 4) is 5.75 Å². The van der Waals surface area contributed by atoms with E-state index in [2.05, 4.69) is 6.58 Å². The first-order valence-corrected chi connectivity index (χ1v) is 3.22. The van der Waals surface area contributed by atoms with E-state index in [1.807, 2.05) is 18.2 Å². The minimum absolute atomic E-state index is 0. The third-order valence-electron chi connectivity index (χ3n) is 1.32. The first kappa shape index (κ1) is 11.0. The largest absolute Gasteiger partial charge is 2.00 e. The molecule has 0 aliphatic heterocycles. The topological polar surface area (TPSA) is 20.2 Å². The van der Waals surface area contributed by atoms with E-state index < -0.39 is 0 Å². The fourth-order valence-electron chi connectivity index (χ4n) is 0.799. The maximum atomic E-state index is 8.90. The molecule has 1 rings (SSSR count). The molecule has 1 nitrogen and oxygen atoms in total. The van der Waals surface area contributed by atoms with Crippen molar-refractivity contribution in [2.45, 2.75) is 6.42 Å². The predicted molar refractivity (Wildman–Crippen MR) is 50.0 cm³/mol. The van der Waals surface area contributed by atoms with Crippen LogP contribution in [0.4, 0.5) is 0 Å². The van der Waals surface area contributed by atoms with Gasteiger partial charge in [0.1, 0.15) is 5.75 Å². The van der Waals surface area contributed by atoms with Crippen LogP contribution in [-0.2, 0) is 6.42 Å². The third-order valence-corrected chi connectivity index (χ3v) is 1.32. The number of allylic oxidation sites excluding steroid dienone is 1. The van der Waals surface area contributed by atoms with Crippen molar-refractivity contribution < 1.29 is 7.96 Å². The van der Waals surface area contributed by atoms with E-state index in [0.29, 0.717) is 5.75 Å². The molecule has 56 valence electrons. The summed E-state index contributed by atoms with van der Waals surface area (Å²) in [5, 5.41) is 8.90. The Labute approximate surface area is 99.7 Å². The average molecular weight is 176 g/mol. The van der Waals surface area contributed by atoms with E-state index in [4.69, 9.17) is 5.11 Å². The molecule has 0 radical (unpaired) electrons. The zero-order chi connectivity index (χ0) is 7.40. The second kappa shape index (κ2) is 5.64. The van der Waals surface area contributed by atoms with Gasteiger partial charge in [-0.15, -0.1) is 6.58 Å². The van der Waals surface area contributed by atoms with Crippen LogP contribution < -0.4 is 0 Å². The fourth-order valence-corrected chi connectivity index (χ4v) is 0.799. The Morgan fingerprint density at radius 2 is 1.91 bits per heavy atom. The van der Waals surface area contributed by atoms with Gasteiger partial charge in [0.05, 0.1) is 0 Å². The molecule has 0 aromatic heterocycles. The molecule has 0 aliphatic carbocycles. The molecule has 0 atom stereocenters. The number of aromatic hydroxyl groups is 1. The van der Waals surface area contributed by atoms with Gasteiger partial charge in [-0.05, 0) is 24.1 Å².